The summed E-state index contributed by atoms with van der Waals surface area (Å²) < 4.78 is 102. The second-order valence-electron chi connectivity index (χ2n) is 10.8. The molecule has 0 saturated carbocycles. The number of nitrogens with zero attached hydrogens (tertiary/aromatic N) is 3. The number of likely N-dealkylation sites (tertiary alicyclic amines) is 1. The molecule has 5 rings (SSSR count). The maximum Gasteiger partial charge on any atom is 0.425 e. The molecule has 44 heavy (non-hydrogen) atoms. The van der Waals surface area contributed by atoms with E-state index in [4.69, 9.17) is 4.74 Å². The molecule has 2 aromatic heterocycles. The van der Waals surface area contributed by atoms with Crippen LogP contribution in [0.1, 0.15) is 64.7 Å². The molecule has 0 N–H and O–H groups in total. The van der Waals surface area contributed by atoms with Gasteiger partial charge in [0.15, 0.2) is 0 Å². The summed E-state index contributed by atoms with van der Waals surface area (Å²) in [6.07, 6.45) is -7.57. The Bertz CT molecular complexity index is 1540. The molecule has 0 radical (unpaired) electrons. The normalized spacial score (nSPS) is 20.8. The SMILES string of the molecule is CCC[C@H]1N(C(=O)c2ncccc2C(F)(F)F)CCC[C@@]1(Oc1csc(C(F)(F)F)c1)C(=O)N1CCc2ccc(F)cc2C1. The Kier molecular flexibility index (Phi) is 8.67. The molecule has 4 heterocycles. The van der Waals surface area contributed by atoms with Crippen LogP contribution >= 0.6 is 11.3 Å². The zero-order valence-electron chi connectivity index (χ0n) is 23.5. The first-order chi connectivity index (χ1) is 20.7. The van der Waals surface area contributed by atoms with E-state index in [1.807, 2.05) is 0 Å². The molecule has 1 fully saturated rings. The predicted octanol–water partition coefficient (Wildman–Crippen LogP) is 7.13. The first kappa shape index (κ1) is 31.7. The van der Waals surface area contributed by atoms with Crippen molar-refractivity contribution in [2.24, 2.45) is 0 Å². The second-order valence-corrected chi connectivity index (χ2v) is 11.7. The van der Waals surface area contributed by atoms with Gasteiger partial charge in [-0.2, -0.15) is 26.3 Å². The van der Waals surface area contributed by atoms with Crippen LogP contribution in [0.25, 0.3) is 0 Å². The van der Waals surface area contributed by atoms with Crippen molar-refractivity contribution in [3.8, 4) is 5.75 Å². The Hall–Kier alpha value is -3.68. The van der Waals surface area contributed by atoms with Crippen LogP contribution in [0.5, 0.6) is 5.75 Å². The molecule has 2 aliphatic heterocycles. The summed E-state index contributed by atoms with van der Waals surface area (Å²) in [6, 6.07) is 5.65. The molecule has 6 nitrogen and oxygen atoms in total. The lowest BCUT2D eigenvalue weighted by Gasteiger charge is -2.50. The van der Waals surface area contributed by atoms with E-state index < -0.39 is 57.8 Å². The van der Waals surface area contributed by atoms with Crippen molar-refractivity contribution >= 4 is 23.2 Å². The van der Waals surface area contributed by atoms with E-state index in [9.17, 15) is 40.3 Å². The molecule has 0 spiro atoms. The Balaban J connectivity index is 1.59. The van der Waals surface area contributed by atoms with Crippen molar-refractivity contribution in [3.05, 3.63) is 81.1 Å². The van der Waals surface area contributed by atoms with Crippen molar-refractivity contribution in [3.63, 3.8) is 0 Å². The number of amides is 2. The number of aromatic nitrogens is 1. The van der Waals surface area contributed by atoms with Crippen LogP contribution < -0.4 is 4.74 Å². The molecular formula is C30H28F7N3O3S. The quantitative estimate of drug-likeness (QED) is 0.268. The van der Waals surface area contributed by atoms with Gasteiger partial charge in [0.05, 0.1) is 11.6 Å². The number of carbonyl (C=O) groups is 2. The van der Waals surface area contributed by atoms with Gasteiger partial charge in [0.25, 0.3) is 11.8 Å². The summed E-state index contributed by atoms with van der Waals surface area (Å²) in [6.45, 7) is 1.90. The average Bonchev–Trinajstić information content (AvgIpc) is 3.45. The molecule has 236 valence electrons. The molecule has 3 aromatic rings. The van der Waals surface area contributed by atoms with E-state index in [1.54, 1.807) is 13.0 Å². The van der Waals surface area contributed by atoms with E-state index in [0.29, 0.717) is 29.7 Å². The Morgan fingerprint density at radius 2 is 1.84 bits per heavy atom. The lowest BCUT2D eigenvalue weighted by atomic mass is 9.79. The number of thiophene rings is 1. The fourth-order valence-electron chi connectivity index (χ4n) is 6.04. The lowest BCUT2D eigenvalue weighted by Crippen LogP contribution is -2.68. The molecule has 2 amide bonds. The lowest BCUT2D eigenvalue weighted by molar-refractivity contribution is -0.160. The van der Waals surface area contributed by atoms with E-state index in [-0.39, 0.29) is 44.6 Å². The van der Waals surface area contributed by atoms with Crippen molar-refractivity contribution in [1.29, 1.82) is 0 Å². The molecule has 2 aliphatic rings. The highest BCUT2D eigenvalue weighted by atomic mass is 32.1. The Labute approximate surface area is 252 Å². The van der Waals surface area contributed by atoms with Crippen molar-refractivity contribution in [1.82, 2.24) is 14.8 Å². The van der Waals surface area contributed by atoms with Crippen LogP contribution in [0.2, 0.25) is 0 Å². The maximum absolute atomic E-state index is 14.5. The number of fused-ring (bicyclic) bond motifs is 1. The van der Waals surface area contributed by atoms with Gasteiger partial charge in [0, 0.05) is 43.7 Å². The number of benzene rings is 1. The van der Waals surface area contributed by atoms with Gasteiger partial charge in [-0.1, -0.05) is 19.4 Å². The second kappa shape index (κ2) is 12.0. The van der Waals surface area contributed by atoms with Gasteiger partial charge in [-0.15, -0.1) is 11.3 Å². The van der Waals surface area contributed by atoms with Crippen molar-refractivity contribution in [2.45, 2.75) is 69.6 Å². The van der Waals surface area contributed by atoms with Gasteiger partial charge in [-0.3, -0.25) is 14.6 Å². The minimum absolute atomic E-state index is 0.0142. The van der Waals surface area contributed by atoms with Crippen LogP contribution in [-0.4, -0.2) is 51.3 Å². The van der Waals surface area contributed by atoms with Gasteiger partial charge >= 0.3 is 12.4 Å². The van der Waals surface area contributed by atoms with E-state index >= 15 is 0 Å². The van der Waals surface area contributed by atoms with Crippen molar-refractivity contribution < 1.29 is 45.1 Å². The summed E-state index contributed by atoms with van der Waals surface area (Å²) >= 11 is 0.374. The number of hydrogen-bond donors (Lipinski definition) is 0. The predicted molar refractivity (Wildman–Crippen MR) is 146 cm³/mol. The standard InChI is InChI=1S/C30H28F7N3O3S/c1-2-5-23-28(43-21-15-24(44-17-21)30(35,36)37,27(42)39-13-9-18-7-8-20(31)14-19(18)16-39)10-4-12-40(23)26(41)25-22(29(32,33)34)6-3-11-38-25/h3,6-8,11,14-15,17,23H,2,4-5,9-10,12-13,16H2,1H3/t23-,28+/m1/s1. The van der Waals surface area contributed by atoms with Gasteiger partial charge in [-0.25, -0.2) is 4.39 Å². The van der Waals surface area contributed by atoms with Crippen molar-refractivity contribution in [2.75, 3.05) is 13.1 Å². The van der Waals surface area contributed by atoms with Gasteiger partial charge in [-0.05, 0) is 54.7 Å². The fourth-order valence-corrected chi connectivity index (χ4v) is 6.72. The monoisotopic (exact) mass is 643 g/mol. The topological polar surface area (TPSA) is 62.7 Å². The Morgan fingerprint density at radius 3 is 2.52 bits per heavy atom. The highest BCUT2D eigenvalue weighted by molar-refractivity contribution is 7.10. The minimum atomic E-state index is -4.89. The third kappa shape index (κ3) is 6.13. The molecule has 0 aliphatic carbocycles. The number of rotatable bonds is 6. The summed E-state index contributed by atoms with van der Waals surface area (Å²) in [5.41, 5.74) is -2.65. The number of pyridine rings is 1. The number of carbonyl (C=O) groups excluding carboxylic acids is 2. The minimum Gasteiger partial charge on any atom is -0.474 e. The van der Waals surface area contributed by atoms with Crippen LogP contribution in [0.3, 0.4) is 0 Å². The smallest absolute Gasteiger partial charge is 0.425 e. The Morgan fingerprint density at radius 1 is 1.07 bits per heavy atom. The van der Waals surface area contributed by atoms with E-state index in [0.717, 1.165) is 40.2 Å². The molecule has 0 bridgehead atoms. The summed E-state index contributed by atoms with van der Waals surface area (Å²) in [5.74, 6) is -2.45. The zero-order valence-corrected chi connectivity index (χ0v) is 24.3. The van der Waals surface area contributed by atoms with Gasteiger partial charge in [0.1, 0.15) is 22.1 Å². The largest absolute Gasteiger partial charge is 0.474 e. The van der Waals surface area contributed by atoms with Crippen LogP contribution in [-0.2, 0) is 30.1 Å². The first-order valence-electron chi connectivity index (χ1n) is 14.0. The number of alkyl halides is 6. The molecule has 2 atom stereocenters. The number of hydrogen-bond acceptors (Lipinski definition) is 5. The number of ether oxygens (including phenoxy) is 1. The van der Waals surface area contributed by atoms with Gasteiger partial charge in [0.2, 0.25) is 5.60 Å². The highest BCUT2D eigenvalue weighted by Gasteiger charge is 2.56. The number of piperidine rings is 1. The summed E-state index contributed by atoms with van der Waals surface area (Å²) in [7, 11) is 0. The van der Waals surface area contributed by atoms with E-state index in [2.05, 4.69) is 4.98 Å². The first-order valence-corrected chi connectivity index (χ1v) is 14.9. The fraction of sp³-hybridized carbons (Fsp3) is 0.433. The zero-order chi connectivity index (χ0) is 31.9. The molecule has 0 unspecified atom stereocenters. The third-order valence-electron chi connectivity index (χ3n) is 7.98. The third-order valence-corrected chi connectivity index (χ3v) is 8.94. The van der Waals surface area contributed by atoms with Crippen LogP contribution in [0, 0.1) is 5.82 Å². The molecule has 1 aromatic carbocycles. The number of halogens is 7. The maximum atomic E-state index is 14.5. The average molecular weight is 644 g/mol. The van der Waals surface area contributed by atoms with Crippen LogP contribution in [0.4, 0.5) is 30.7 Å². The molecule has 1 saturated heterocycles. The molecule has 14 heteroatoms. The summed E-state index contributed by atoms with van der Waals surface area (Å²) in [4.78, 5) is 33.7. The van der Waals surface area contributed by atoms with Crippen LogP contribution in [0.15, 0.2) is 48.0 Å². The summed E-state index contributed by atoms with van der Waals surface area (Å²) in [5, 5.41) is 1.11. The van der Waals surface area contributed by atoms with E-state index in [1.165, 1.54) is 17.0 Å². The molecular weight excluding hydrogens is 615 g/mol. The van der Waals surface area contributed by atoms with Gasteiger partial charge < -0.3 is 14.5 Å². The highest BCUT2D eigenvalue weighted by Crippen LogP contribution is 2.43.